The monoisotopic (exact) mass is 301 g/mol. The number of aromatic amines is 1. The molecule has 1 saturated heterocycles. The highest BCUT2D eigenvalue weighted by atomic mass is 31.2. The fourth-order valence-electron chi connectivity index (χ4n) is 1.87. The fourth-order valence-corrected chi connectivity index (χ4v) is 2.17. The molecule has 1 aromatic heterocycles. The summed E-state index contributed by atoms with van der Waals surface area (Å²) in [5.41, 5.74) is -1.39. The number of aliphatic hydroxyl groups is 2. The van der Waals surface area contributed by atoms with Gasteiger partial charge in [0.25, 0.3) is 5.56 Å². The van der Waals surface area contributed by atoms with E-state index < -0.39 is 44.0 Å². The fraction of sp³-hybridized carbons (Fsp3) is 0.556. The third-order valence-corrected chi connectivity index (χ3v) is 3.23. The van der Waals surface area contributed by atoms with E-state index in [9.17, 15) is 24.7 Å². The van der Waals surface area contributed by atoms with Crippen molar-refractivity contribution in [2.24, 2.45) is 0 Å². The SMILES string of the molecule is [B]P([O-])OC[C@H]1O[C@@H](n2ccc(=O)[nH]c2=O)[C@H](O)[C@@H]1O. The number of aromatic nitrogens is 2. The van der Waals surface area contributed by atoms with Crippen molar-refractivity contribution in [1.29, 1.82) is 0 Å². The van der Waals surface area contributed by atoms with Gasteiger partial charge in [0, 0.05) is 12.3 Å². The van der Waals surface area contributed by atoms with Crippen LogP contribution in [0.2, 0.25) is 0 Å². The predicted octanol–water partition coefficient (Wildman–Crippen LogP) is -3.07. The van der Waals surface area contributed by atoms with Gasteiger partial charge >= 0.3 is 5.69 Å². The number of hydrogen-bond acceptors (Lipinski definition) is 7. The largest absolute Gasteiger partial charge is 0.816 e. The lowest BCUT2D eigenvalue weighted by Crippen LogP contribution is -2.37. The first-order valence-corrected chi connectivity index (χ1v) is 6.83. The average Bonchev–Trinajstić information content (AvgIpc) is 2.64. The second-order valence-corrected chi connectivity index (χ2v) is 4.97. The Morgan fingerprint density at radius 1 is 1.50 bits per heavy atom. The summed E-state index contributed by atoms with van der Waals surface area (Å²) in [5, 5.41) is 19.6. The Bertz CT molecular complexity index is 576. The highest BCUT2D eigenvalue weighted by Crippen LogP contribution is 2.30. The molecule has 1 aromatic rings. The zero-order chi connectivity index (χ0) is 14.9. The van der Waals surface area contributed by atoms with E-state index in [0.717, 1.165) is 16.8 Å². The van der Waals surface area contributed by atoms with Crippen molar-refractivity contribution >= 4 is 15.8 Å². The van der Waals surface area contributed by atoms with Gasteiger partial charge in [-0.3, -0.25) is 14.3 Å². The second kappa shape index (κ2) is 6.17. The third-order valence-electron chi connectivity index (χ3n) is 2.83. The molecule has 11 heteroatoms. The topological polar surface area (TPSA) is 137 Å². The number of hydrogen-bond donors (Lipinski definition) is 3. The molecule has 0 saturated carbocycles. The molecule has 20 heavy (non-hydrogen) atoms. The maximum atomic E-state index is 11.6. The first kappa shape index (κ1) is 15.4. The van der Waals surface area contributed by atoms with Gasteiger partial charge in [0.15, 0.2) is 6.23 Å². The summed E-state index contributed by atoms with van der Waals surface area (Å²) in [5.74, 6) is 0. The number of rotatable bonds is 4. The maximum absolute atomic E-state index is 11.6. The Hall–Kier alpha value is -1.03. The highest BCUT2D eigenvalue weighted by Gasteiger charge is 2.44. The number of H-pyrrole nitrogens is 1. The predicted molar refractivity (Wildman–Crippen MR) is 65.9 cm³/mol. The van der Waals surface area contributed by atoms with Crippen LogP contribution in [0.1, 0.15) is 6.23 Å². The van der Waals surface area contributed by atoms with Gasteiger partial charge in [-0.15, -0.1) is 8.25 Å². The molecular formula is C9H11BN2O7P-. The average molecular weight is 301 g/mol. The first-order valence-electron chi connectivity index (χ1n) is 5.58. The zero-order valence-corrected chi connectivity index (χ0v) is 11.0. The van der Waals surface area contributed by atoms with Crippen molar-refractivity contribution < 1.29 is 24.4 Å². The van der Waals surface area contributed by atoms with Gasteiger partial charge in [-0.2, -0.15) is 0 Å². The molecule has 2 rings (SSSR count). The van der Waals surface area contributed by atoms with Gasteiger partial charge in [0.05, 0.1) is 6.61 Å². The van der Waals surface area contributed by atoms with E-state index in [2.05, 4.69) is 4.52 Å². The van der Waals surface area contributed by atoms with E-state index in [1.807, 2.05) is 4.98 Å². The first-order chi connectivity index (χ1) is 9.40. The van der Waals surface area contributed by atoms with Gasteiger partial charge < -0.3 is 24.4 Å². The minimum Gasteiger partial charge on any atom is -0.816 e. The van der Waals surface area contributed by atoms with Crippen molar-refractivity contribution in [3.63, 3.8) is 0 Å². The van der Waals surface area contributed by atoms with Crippen molar-refractivity contribution in [2.45, 2.75) is 24.5 Å². The normalized spacial score (nSPS) is 31.4. The molecule has 0 aromatic carbocycles. The Morgan fingerprint density at radius 2 is 2.20 bits per heavy atom. The summed E-state index contributed by atoms with van der Waals surface area (Å²) in [6.07, 6.45) is -3.83. The number of ether oxygens (including phenoxy) is 1. The summed E-state index contributed by atoms with van der Waals surface area (Å²) in [4.78, 5) is 35.2. The van der Waals surface area contributed by atoms with Crippen LogP contribution in [-0.2, 0) is 9.26 Å². The minimum absolute atomic E-state index is 0.307. The molecule has 1 aliphatic heterocycles. The number of nitrogens with zero attached hydrogens (tertiary/aromatic N) is 1. The van der Waals surface area contributed by atoms with Gasteiger partial charge in [-0.05, 0) is 0 Å². The van der Waals surface area contributed by atoms with Crippen molar-refractivity contribution in [3.05, 3.63) is 33.1 Å². The Labute approximate surface area is 115 Å². The summed E-state index contributed by atoms with van der Waals surface area (Å²) in [6.45, 7) is -0.307. The second-order valence-electron chi connectivity index (χ2n) is 4.14. The van der Waals surface area contributed by atoms with Crippen LogP contribution in [0.25, 0.3) is 0 Å². The Balaban J connectivity index is 2.17. The molecule has 0 aliphatic carbocycles. The van der Waals surface area contributed by atoms with Gasteiger partial charge in [0.1, 0.15) is 25.9 Å². The van der Waals surface area contributed by atoms with Crippen LogP contribution in [0.3, 0.4) is 0 Å². The van der Waals surface area contributed by atoms with E-state index in [4.69, 9.17) is 12.3 Å². The molecule has 2 heterocycles. The standard InChI is InChI=1S/C9H11BN2O7P/c10-20(17)18-3-4-6(14)7(15)8(19-4)12-2-1-5(13)11-9(12)16/h1-2,4,6-8,14-15H,3H2,(H,11,13,16)/q-1/t4-,6-,7-,8-,20?/m1/s1. The Morgan fingerprint density at radius 3 is 2.80 bits per heavy atom. The number of aliphatic hydroxyl groups excluding tert-OH is 2. The molecule has 0 bridgehead atoms. The molecule has 0 spiro atoms. The van der Waals surface area contributed by atoms with Crippen molar-refractivity contribution in [1.82, 2.24) is 9.55 Å². The molecule has 1 aliphatic rings. The third kappa shape index (κ3) is 3.17. The van der Waals surface area contributed by atoms with Crippen molar-refractivity contribution in [2.75, 3.05) is 6.61 Å². The van der Waals surface area contributed by atoms with Gasteiger partial charge in [0.2, 0.25) is 0 Å². The van der Waals surface area contributed by atoms with E-state index in [-0.39, 0.29) is 6.61 Å². The lowest BCUT2D eigenvalue weighted by atomic mass is 10.1. The highest BCUT2D eigenvalue weighted by molar-refractivity contribution is 7.72. The van der Waals surface area contributed by atoms with Crippen LogP contribution in [0, 0.1) is 0 Å². The molecule has 1 unspecified atom stereocenters. The molecule has 0 amide bonds. The van der Waals surface area contributed by atoms with E-state index in [1.54, 1.807) is 0 Å². The maximum Gasteiger partial charge on any atom is 0.330 e. The van der Waals surface area contributed by atoms with E-state index in [0.29, 0.717) is 0 Å². The van der Waals surface area contributed by atoms with Crippen LogP contribution in [-0.4, -0.2) is 52.2 Å². The Kier molecular flexibility index (Phi) is 4.74. The van der Waals surface area contributed by atoms with E-state index >= 15 is 0 Å². The summed E-state index contributed by atoms with van der Waals surface area (Å²) in [7, 11) is 2.56. The van der Waals surface area contributed by atoms with Crippen LogP contribution in [0.5, 0.6) is 0 Å². The lowest BCUT2D eigenvalue weighted by Gasteiger charge is -2.22. The summed E-state index contributed by atoms with van der Waals surface area (Å²) >= 11 is 0. The molecule has 5 atom stereocenters. The van der Waals surface area contributed by atoms with Crippen molar-refractivity contribution in [3.8, 4) is 0 Å². The van der Waals surface area contributed by atoms with Crippen LogP contribution in [0.15, 0.2) is 21.9 Å². The molecule has 9 nitrogen and oxygen atoms in total. The van der Waals surface area contributed by atoms with Crippen LogP contribution in [0.4, 0.5) is 0 Å². The quantitative estimate of drug-likeness (QED) is 0.396. The number of nitrogens with one attached hydrogen (secondary N) is 1. The van der Waals surface area contributed by atoms with E-state index in [1.165, 1.54) is 0 Å². The summed E-state index contributed by atoms with van der Waals surface area (Å²) in [6, 6.07) is 1.07. The summed E-state index contributed by atoms with van der Waals surface area (Å²) < 4.78 is 10.8. The van der Waals surface area contributed by atoms with Crippen LogP contribution >= 0.6 is 8.25 Å². The molecule has 108 valence electrons. The molecule has 1 fully saturated rings. The zero-order valence-electron chi connectivity index (χ0n) is 10.1. The molecular weight excluding hydrogens is 290 g/mol. The molecule has 2 radical (unpaired) electrons. The lowest BCUT2D eigenvalue weighted by molar-refractivity contribution is -0.177. The minimum atomic E-state index is -2.37. The van der Waals surface area contributed by atoms with Gasteiger partial charge in [-0.1, -0.05) is 0 Å². The molecule has 3 N–H and O–H groups in total. The van der Waals surface area contributed by atoms with Crippen LogP contribution < -0.4 is 16.1 Å². The van der Waals surface area contributed by atoms with Gasteiger partial charge in [-0.25, -0.2) is 4.79 Å². The smallest absolute Gasteiger partial charge is 0.330 e.